The lowest BCUT2D eigenvalue weighted by atomic mass is 10.3. The van der Waals surface area contributed by atoms with Gasteiger partial charge >= 0.3 is 0 Å². The van der Waals surface area contributed by atoms with Gasteiger partial charge in [-0.15, -0.1) is 0 Å². The third-order valence-corrected chi connectivity index (χ3v) is 2.86. The Bertz CT molecular complexity index is 513. The predicted molar refractivity (Wildman–Crippen MR) is 65.3 cm³/mol. The van der Waals surface area contributed by atoms with Gasteiger partial charge in [0.2, 0.25) is 5.91 Å². The highest BCUT2D eigenvalue weighted by Crippen LogP contribution is 2.19. The quantitative estimate of drug-likeness (QED) is 0.874. The van der Waals surface area contributed by atoms with Crippen LogP contribution in [0.15, 0.2) is 35.6 Å². The van der Waals surface area contributed by atoms with Crippen LogP contribution >= 0.6 is 15.9 Å². The van der Waals surface area contributed by atoms with Gasteiger partial charge in [0.1, 0.15) is 23.3 Å². The lowest BCUT2D eigenvalue weighted by molar-refractivity contribution is -0.119. The number of rotatable bonds is 3. The summed E-state index contributed by atoms with van der Waals surface area (Å²) in [7, 11) is 0. The Morgan fingerprint density at radius 1 is 1.59 bits per heavy atom. The largest absolute Gasteiger partial charge is 0.322 e. The molecule has 0 saturated heterocycles. The van der Waals surface area contributed by atoms with Crippen LogP contribution in [0.25, 0.3) is 0 Å². The molecule has 0 saturated carbocycles. The SMILES string of the molecule is CC(C(=O)Nc1cccnc1Br)n1cncn1. The Kier molecular flexibility index (Phi) is 3.48. The first kappa shape index (κ1) is 11.7. The molecule has 0 radical (unpaired) electrons. The van der Waals surface area contributed by atoms with Gasteiger partial charge in [0.05, 0.1) is 5.69 Å². The lowest BCUT2D eigenvalue weighted by Crippen LogP contribution is -2.24. The van der Waals surface area contributed by atoms with E-state index in [2.05, 4.69) is 36.3 Å². The number of hydrogen-bond acceptors (Lipinski definition) is 4. The zero-order valence-electron chi connectivity index (χ0n) is 9.04. The summed E-state index contributed by atoms with van der Waals surface area (Å²) in [5, 5.41) is 6.68. The number of carbonyl (C=O) groups excluding carboxylic acids is 1. The van der Waals surface area contributed by atoms with Crippen LogP contribution in [0.5, 0.6) is 0 Å². The molecule has 0 fully saturated rings. The summed E-state index contributed by atoms with van der Waals surface area (Å²) >= 11 is 3.26. The van der Waals surface area contributed by atoms with Crippen molar-refractivity contribution < 1.29 is 4.79 Å². The molecule has 0 spiro atoms. The number of pyridine rings is 1. The number of aromatic nitrogens is 4. The molecule has 0 aliphatic heterocycles. The van der Waals surface area contributed by atoms with Crippen LogP contribution in [0.3, 0.4) is 0 Å². The van der Waals surface area contributed by atoms with E-state index in [1.54, 1.807) is 25.3 Å². The number of carbonyl (C=O) groups is 1. The zero-order chi connectivity index (χ0) is 12.3. The highest BCUT2D eigenvalue weighted by atomic mass is 79.9. The van der Waals surface area contributed by atoms with Gasteiger partial charge in [-0.1, -0.05) is 0 Å². The summed E-state index contributed by atoms with van der Waals surface area (Å²) in [6, 6.07) is 3.09. The molecule has 0 aliphatic rings. The number of nitrogens with one attached hydrogen (secondary N) is 1. The van der Waals surface area contributed by atoms with Gasteiger partial charge in [-0.2, -0.15) is 5.10 Å². The van der Waals surface area contributed by atoms with Gasteiger partial charge in [0.15, 0.2) is 0 Å². The summed E-state index contributed by atoms with van der Waals surface area (Å²) < 4.78 is 2.08. The van der Waals surface area contributed by atoms with Crippen molar-refractivity contribution in [1.29, 1.82) is 0 Å². The molecular formula is C10H10BrN5O. The molecule has 2 aromatic heterocycles. The fourth-order valence-electron chi connectivity index (χ4n) is 1.25. The third kappa shape index (κ3) is 2.68. The molecule has 6 nitrogen and oxygen atoms in total. The van der Waals surface area contributed by atoms with Crippen molar-refractivity contribution in [3.8, 4) is 0 Å². The maximum atomic E-state index is 11.9. The first-order valence-electron chi connectivity index (χ1n) is 4.94. The van der Waals surface area contributed by atoms with Crippen molar-refractivity contribution in [3.63, 3.8) is 0 Å². The van der Waals surface area contributed by atoms with Crippen LogP contribution in [0.1, 0.15) is 13.0 Å². The minimum Gasteiger partial charge on any atom is -0.322 e. The topological polar surface area (TPSA) is 72.7 Å². The van der Waals surface area contributed by atoms with Crippen molar-refractivity contribution in [2.24, 2.45) is 0 Å². The Labute approximate surface area is 106 Å². The third-order valence-electron chi connectivity index (χ3n) is 2.23. The molecule has 0 aliphatic carbocycles. The van der Waals surface area contributed by atoms with Crippen LogP contribution in [0.4, 0.5) is 5.69 Å². The van der Waals surface area contributed by atoms with Crippen LogP contribution in [-0.4, -0.2) is 25.7 Å². The highest BCUT2D eigenvalue weighted by Gasteiger charge is 2.16. The van der Waals surface area contributed by atoms with E-state index in [1.165, 1.54) is 17.3 Å². The minimum atomic E-state index is -0.426. The molecule has 1 amide bonds. The highest BCUT2D eigenvalue weighted by molar-refractivity contribution is 9.10. The van der Waals surface area contributed by atoms with Crippen molar-refractivity contribution >= 4 is 27.5 Å². The van der Waals surface area contributed by atoms with Crippen molar-refractivity contribution in [2.45, 2.75) is 13.0 Å². The Morgan fingerprint density at radius 2 is 2.41 bits per heavy atom. The van der Waals surface area contributed by atoms with Crippen molar-refractivity contribution in [1.82, 2.24) is 19.7 Å². The number of nitrogens with zero attached hydrogens (tertiary/aromatic N) is 4. The van der Waals surface area contributed by atoms with E-state index in [9.17, 15) is 4.79 Å². The average Bonchev–Trinajstić information content (AvgIpc) is 2.84. The van der Waals surface area contributed by atoms with Gasteiger partial charge in [0.25, 0.3) is 0 Å². The predicted octanol–water partition coefficient (Wildman–Crippen LogP) is 1.64. The first-order chi connectivity index (χ1) is 8.18. The second-order valence-electron chi connectivity index (χ2n) is 3.38. The molecule has 2 heterocycles. The molecule has 1 N–H and O–H groups in total. The van der Waals surface area contributed by atoms with Crippen LogP contribution in [-0.2, 0) is 4.79 Å². The summed E-state index contributed by atoms with van der Waals surface area (Å²) in [6.45, 7) is 1.74. The van der Waals surface area contributed by atoms with Gasteiger partial charge < -0.3 is 5.32 Å². The van der Waals surface area contributed by atoms with Gasteiger partial charge in [-0.25, -0.2) is 14.6 Å². The molecule has 7 heteroatoms. The van der Waals surface area contributed by atoms with Crippen LogP contribution < -0.4 is 5.32 Å². The molecular weight excluding hydrogens is 286 g/mol. The number of amides is 1. The van der Waals surface area contributed by atoms with Crippen LogP contribution in [0.2, 0.25) is 0 Å². The molecule has 0 bridgehead atoms. The molecule has 88 valence electrons. The summed E-state index contributed by atoms with van der Waals surface area (Å²) in [5.41, 5.74) is 0.629. The molecule has 0 aromatic carbocycles. The van der Waals surface area contributed by atoms with Gasteiger partial charge in [-0.3, -0.25) is 4.79 Å². The lowest BCUT2D eigenvalue weighted by Gasteiger charge is -2.12. The molecule has 17 heavy (non-hydrogen) atoms. The van der Waals surface area contributed by atoms with Crippen molar-refractivity contribution in [2.75, 3.05) is 5.32 Å². The Balaban J connectivity index is 2.10. The summed E-state index contributed by atoms with van der Waals surface area (Å²) in [4.78, 5) is 19.7. The zero-order valence-corrected chi connectivity index (χ0v) is 10.6. The van der Waals surface area contributed by atoms with E-state index in [1.807, 2.05) is 0 Å². The standard InChI is InChI=1S/C10H10BrN5O/c1-7(16-6-12-5-14-16)10(17)15-8-3-2-4-13-9(8)11/h2-7H,1H3,(H,15,17). The Morgan fingerprint density at radius 3 is 3.06 bits per heavy atom. The van der Waals surface area contributed by atoms with E-state index >= 15 is 0 Å². The number of hydrogen-bond donors (Lipinski definition) is 1. The second kappa shape index (κ2) is 5.05. The Hall–Kier alpha value is -1.76. The van der Waals surface area contributed by atoms with E-state index in [0.29, 0.717) is 10.3 Å². The van der Waals surface area contributed by atoms with E-state index in [0.717, 1.165) is 0 Å². The minimum absolute atomic E-state index is 0.177. The smallest absolute Gasteiger partial charge is 0.249 e. The van der Waals surface area contributed by atoms with Gasteiger partial charge in [-0.05, 0) is 35.0 Å². The van der Waals surface area contributed by atoms with Gasteiger partial charge in [0, 0.05) is 6.20 Å². The van der Waals surface area contributed by atoms with E-state index < -0.39 is 6.04 Å². The maximum Gasteiger partial charge on any atom is 0.249 e. The molecule has 2 rings (SSSR count). The summed E-state index contributed by atoms with van der Waals surface area (Å²) in [5.74, 6) is -0.177. The van der Waals surface area contributed by atoms with E-state index in [4.69, 9.17) is 0 Å². The molecule has 2 aromatic rings. The second-order valence-corrected chi connectivity index (χ2v) is 4.13. The normalized spacial score (nSPS) is 12.1. The first-order valence-corrected chi connectivity index (χ1v) is 5.73. The fraction of sp³-hybridized carbons (Fsp3) is 0.200. The maximum absolute atomic E-state index is 11.9. The number of anilines is 1. The van der Waals surface area contributed by atoms with E-state index in [-0.39, 0.29) is 5.91 Å². The average molecular weight is 296 g/mol. The fourth-order valence-corrected chi connectivity index (χ4v) is 1.60. The molecule has 1 unspecified atom stereocenters. The number of halogens is 1. The monoisotopic (exact) mass is 295 g/mol. The molecule has 1 atom stereocenters. The van der Waals surface area contributed by atoms with Crippen LogP contribution in [0, 0.1) is 0 Å². The van der Waals surface area contributed by atoms with Crippen molar-refractivity contribution in [3.05, 3.63) is 35.6 Å². The summed E-state index contributed by atoms with van der Waals surface area (Å²) in [6.07, 6.45) is 4.53.